The molecule has 4 nitrogen and oxygen atoms in total. The Bertz CT molecular complexity index is 504. The van der Waals surface area contributed by atoms with Crippen molar-refractivity contribution in [1.82, 2.24) is 10.2 Å². The first-order valence-corrected chi connectivity index (χ1v) is 6.29. The number of benzene rings is 1. The van der Waals surface area contributed by atoms with Crippen LogP contribution in [0.5, 0.6) is 0 Å². The van der Waals surface area contributed by atoms with Gasteiger partial charge in [0, 0.05) is 18.8 Å². The zero-order chi connectivity index (χ0) is 13.7. The Morgan fingerprint density at radius 1 is 1.16 bits per heavy atom. The number of rotatable bonds is 6. The molecular formula is C14H17FN2O2. The molecule has 0 radical (unpaired) electrons. The maximum atomic E-state index is 12.9. The van der Waals surface area contributed by atoms with E-state index in [0.717, 1.165) is 17.0 Å². The van der Waals surface area contributed by atoms with Gasteiger partial charge in [-0.15, -0.1) is 0 Å². The molecule has 102 valence electrons. The quantitative estimate of drug-likeness (QED) is 0.814. The number of nitrogens with one attached hydrogen (secondary N) is 1. The van der Waals surface area contributed by atoms with E-state index >= 15 is 0 Å². The number of H-pyrrole nitrogens is 1. The van der Waals surface area contributed by atoms with Crippen LogP contribution in [-0.2, 0) is 9.47 Å². The van der Waals surface area contributed by atoms with E-state index in [0.29, 0.717) is 13.2 Å². The van der Waals surface area contributed by atoms with Crippen molar-refractivity contribution in [2.75, 3.05) is 13.2 Å². The lowest BCUT2D eigenvalue weighted by atomic mass is 10.1. The number of hydrogen-bond donors (Lipinski definition) is 1. The highest BCUT2D eigenvalue weighted by molar-refractivity contribution is 5.59. The first-order valence-electron chi connectivity index (χ1n) is 6.29. The molecular weight excluding hydrogens is 247 g/mol. The summed E-state index contributed by atoms with van der Waals surface area (Å²) in [5, 5.41) is 7.09. The van der Waals surface area contributed by atoms with Crippen molar-refractivity contribution in [3.05, 3.63) is 41.8 Å². The summed E-state index contributed by atoms with van der Waals surface area (Å²) in [5.41, 5.74) is 2.33. The number of ether oxygens (including phenoxy) is 2. The minimum absolute atomic E-state index is 0.263. The van der Waals surface area contributed by atoms with Crippen LogP contribution in [0.3, 0.4) is 0 Å². The fourth-order valence-corrected chi connectivity index (χ4v) is 1.76. The van der Waals surface area contributed by atoms with Crippen LogP contribution in [0, 0.1) is 5.82 Å². The average molecular weight is 264 g/mol. The number of hydrogen-bond acceptors (Lipinski definition) is 3. The van der Waals surface area contributed by atoms with E-state index in [-0.39, 0.29) is 5.82 Å². The Hall–Kier alpha value is -1.72. The van der Waals surface area contributed by atoms with Crippen molar-refractivity contribution in [2.45, 2.75) is 20.1 Å². The fraction of sp³-hybridized carbons (Fsp3) is 0.357. The summed E-state index contributed by atoms with van der Waals surface area (Å²) in [7, 11) is 0. The molecule has 1 N–H and O–H groups in total. The van der Waals surface area contributed by atoms with E-state index in [2.05, 4.69) is 10.2 Å². The van der Waals surface area contributed by atoms with Crippen molar-refractivity contribution >= 4 is 0 Å². The van der Waals surface area contributed by atoms with Gasteiger partial charge in [0.05, 0.1) is 11.4 Å². The summed E-state index contributed by atoms with van der Waals surface area (Å²) < 4.78 is 23.8. The molecule has 0 spiro atoms. The van der Waals surface area contributed by atoms with Crippen molar-refractivity contribution < 1.29 is 13.9 Å². The summed E-state index contributed by atoms with van der Waals surface area (Å²) in [6.07, 6.45) is -0.448. The predicted molar refractivity (Wildman–Crippen MR) is 70.0 cm³/mol. The summed E-state index contributed by atoms with van der Waals surface area (Å²) in [6, 6.07) is 8.04. The molecule has 2 aromatic rings. The molecule has 2 rings (SSSR count). The third-order valence-electron chi connectivity index (χ3n) is 2.63. The molecule has 0 aliphatic carbocycles. The summed E-state index contributed by atoms with van der Waals surface area (Å²) >= 11 is 0. The fourth-order valence-electron chi connectivity index (χ4n) is 1.76. The Morgan fingerprint density at radius 2 is 1.79 bits per heavy atom. The van der Waals surface area contributed by atoms with Gasteiger partial charge in [0.15, 0.2) is 6.29 Å². The minimum Gasteiger partial charge on any atom is -0.347 e. The first kappa shape index (κ1) is 13.7. The molecule has 0 saturated carbocycles. The van der Waals surface area contributed by atoms with Crippen LogP contribution in [0.1, 0.15) is 25.8 Å². The van der Waals surface area contributed by atoms with E-state index in [9.17, 15) is 4.39 Å². The maximum Gasteiger partial charge on any atom is 0.200 e. The van der Waals surface area contributed by atoms with Gasteiger partial charge in [-0.1, -0.05) is 0 Å². The Balaban J connectivity index is 2.19. The van der Waals surface area contributed by atoms with Crippen molar-refractivity contribution in [3.63, 3.8) is 0 Å². The zero-order valence-corrected chi connectivity index (χ0v) is 11.0. The minimum atomic E-state index is -0.448. The third kappa shape index (κ3) is 3.39. The molecule has 5 heteroatoms. The van der Waals surface area contributed by atoms with Gasteiger partial charge in [0.1, 0.15) is 5.82 Å². The van der Waals surface area contributed by atoms with Crippen LogP contribution >= 0.6 is 0 Å². The second-order valence-corrected chi connectivity index (χ2v) is 3.96. The van der Waals surface area contributed by atoms with Crippen LogP contribution in [0.2, 0.25) is 0 Å². The van der Waals surface area contributed by atoms with Crippen molar-refractivity contribution in [3.8, 4) is 11.3 Å². The van der Waals surface area contributed by atoms with Gasteiger partial charge in [-0.25, -0.2) is 4.39 Å². The number of halogens is 1. The smallest absolute Gasteiger partial charge is 0.200 e. The van der Waals surface area contributed by atoms with Gasteiger partial charge in [-0.2, -0.15) is 5.10 Å². The largest absolute Gasteiger partial charge is 0.347 e. The SMILES string of the molecule is CCOC(OCC)c1cc(-c2ccc(F)cc2)n[nH]1. The van der Waals surface area contributed by atoms with Gasteiger partial charge < -0.3 is 9.47 Å². The van der Waals surface area contributed by atoms with E-state index < -0.39 is 6.29 Å². The van der Waals surface area contributed by atoms with Gasteiger partial charge in [0.25, 0.3) is 0 Å². The molecule has 0 aliphatic heterocycles. The first-order chi connectivity index (χ1) is 9.24. The Morgan fingerprint density at radius 3 is 2.37 bits per heavy atom. The normalized spacial score (nSPS) is 11.2. The van der Waals surface area contributed by atoms with Crippen LogP contribution in [-0.4, -0.2) is 23.4 Å². The molecule has 0 saturated heterocycles. The number of aromatic amines is 1. The van der Waals surface area contributed by atoms with Crippen LogP contribution in [0.25, 0.3) is 11.3 Å². The predicted octanol–water partition coefficient (Wildman–Crippen LogP) is 3.29. The number of aromatic nitrogens is 2. The highest BCUT2D eigenvalue weighted by Gasteiger charge is 2.15. The van der Waals surface area contributed by atoms with Gasteiger partial charge >= 0.3 is 0 Å². The standard InChI is InChI=1S/C14H17FN2O2/c1-3-18-14(19-4-2)13-9-12(16-17-13)10-5-7-11(15)8-6-10/h5-9,14H,3-4H2,1-2H3,(H,16,17). The van der Waals surface area contributed by atoms with Crippen LogP contribution in [0.4, 0.5) is 4.39 Å². The van der Waals surface area contributed by atoms with Crippen molar-refractivity contribution in [2.24, 2.45) is 0 Å². The molecule has 0 unspecified atom stereocenters. The third-order valence-corrected chi connectivity index (χ3v) is 2.63. The Kier molecular flexibility index (Phi) is 4.65. The molecule has 0 atom stereocenters. The molecule has 0 fully saturated rings. The summed E-state index contributed by atoms with van der Waals surface area (Å²) in [5.74, 6) is -0.263. The lowest BCUT2D eigenvalue weighted by Crippen LogP contribution is -2.09. The molecule has 1 heterocycles. The monoisotopic (exact) mass is 264 g/mol. The second-order valence-electron chi connectivity index (χ2n) is 3.96. The van der Waals surface area contributed by atoms with Crippen LogP contribution < -0.4 is 0 Å². The molecule has 0 bridgehead atoms. The van der Waals surface area contributed by atoms with Gasteiger partial charge in [-0.05, 0) is 44.2 Å². The molecule has 0 amide bonds. The zero-order valence-electron chi connectivity index (χ0n) is 11.0. The van der Waals surface area contributed by atoms with Crippen molar-refractivity contribution in [1.29, 1.82) is 0 Å². The van der Waals surface area contributed by atoms with Gasteiger partial charge in [-0.3, -0.25) is 5.10 Å². The topological polar surface area (TPSA) is 47.1 Å². The molecule has 19 heavy (non-hydrogen) atoms. The van der Waals surface area contributed by atoms with E-state index in [1.54, 1.807) is 12.1 Å². The maximum absolute atomic E-state index is 12.9. The van der Waals surface area contributed by atoms with Crippen LogP contribution in [0.15, 0.2) is 30.3 Å². The summed E-state index contributed by atoms with van der Waals surface area (Å²) in [4.78, 5) is 0. The molecule has 1 aromatic carbocycles. The van der Waals surface area contributed by atoms with E-state index in [1.807, 2.05) is 19.9 Å². The lowest BCUT2D eigenvalue weighted by molar-refractivity contribution is -0.142. The van der Waals surface area contributed by atoms with Gasteiger partial charge in [0.2, 0.25) is 0 Å². The highest BCUT2D eigenvalue weighted by atomic mass is 19.1. The second kappa shape index (κ2) is 6.45. The summed E-state index contributed by atoms with van der Waals surface area (Å²) in [6.45, 7) is 4.91. The Labute approximate surface area is 111 Å². The molecule has 0 aliphatic rings. The molecule has 1 aromatic heterocycles. The highest BCUT2D eigenvalue weighted by Crippen LogP contribution is 2.23. The average Bonchev–Trinajstić information content (AvgIpc) is 2.89. The number of nitrogens with zero attached hydrogens (tertiary/aromatic N) is 1. The van der Waals surface area contributed by atoms with E-state index in [1.165, 1.54) is 12.1 Å². The lowest BCUT2D eigenvalue weighted by Gasteiger charge is -2.14. The van der Waals surface area contributed by atoms with E-state index in [4.69, 9.17) is 9.47 Å².